The second kappa shape index (κ2) is 8.89. The van der Waals surface area contributed by atoms with Crippen LogP contribution >= 0.6 is 11.6 Å². The van der Waals surface area contributed by atoms with E-state index in [1.807, 2.05) is 0 Å². The monoisotopic (exact) mass is 338 g/mol. The lowest BCUT2D eigenvalue weighted by Gasteiger charge is -2.24. The molecule has 0 saturated heterocycles. The Balaban J connectivity index is 1.57. The zero-order valence-electron chi connectivity index (χ0n) is 13.1. The van der Waals surface area contributed by atoms with E-state index in [0.717, 1.165) is 19.3 Å². The van der Waals surface area contributed by atoms with Crippen LogP contribution in [0, 0.1) is 5.92 Å². The summed E-state index contributed by atoms with van der Waals surface area (Å²) in [5, 5.41) is 16.2. The first-order valence-corrected chi connectivity index (χ1v) is 8.42. The van der Waals surface area contributed by atoms with Crippen LogP contribution in [0.5, 0.6) is 0 Å². The van der Waals surface area contributed by atoms with Crippen molar-refractivity contribution in [2.24, 2.45) is 5.92 Å². The number of rotatable bonds is 8. The Morgan fingerprint density at radius 1 is 1.17 bits per heavy atom. The van der Waals surface area contributed by atoms with Gasteiger partial charge in [0.25, 0.3) is 0 Å². The molecule has 126 valence electrons. The van der Waals surface area contributed by atoms with Crippen molar-refractivity contribution in [1.29, 1.82) is 0 Å². The van der Waals surface area contributed by atoms with Crippen LogP contribution in [0.2, 0.25) is 5.02 Å². The highest BCUT2D eigenvalue weighted by Gasteiger charge is 2.24. The zero-order valence-corrected chi connectivity index (χ0v) is 13.8. The second-order valence-electron chi connectivity index (χ2n) is 5.89. The van der Waals surface area contributed by atoms with Gasteiger partial charge >= 0.3 is 0 Å². The van der Waals surface area contributed by atoms with Gasteiger partial charge in [-0.25, -0.2) is 0 Å². The summed E-state index contributed by atoms with van der Waals surface area (Å²) in [5.74, 6) is 0.109. The molecule has 23 heavy (non-hydrogen) atoms. The summed E-state index contributed by atoms with van der Waals surface area (Å²) in [6.45, 7) is 1.05. The summed E-state index contributed by atoms with van der Waals surface area (Å²) >= 11 is 5.78. The first-order valence-electron chi connectivity index (χ1n) is 8.04. The molecule has 6 heteroatoms. The van der Waals surface area contributed by atoms with E-state index in [0.29, 0.717) is 30.1 Å². The molecular formula is C17H23ClN2O3. The van der Waals surface area contributed by atoms with Gasteiger partial charge in [0.1, 0.15) is 0 Å². The third kappa shape index (κ3) is 5.84. The van der Waals surface area contributed by atoms with Gasteiger partial charge in [0.2, 0.25) is 11.8 Å². The van der Waals surface area contributed by atoms with E-state index in [9.17, 15) is 14.7 Å². The minimum atomic E-state index is -0.842. The van der Waals surface area contributed by atoms with Gasteiger partial charge in [-0.05, 0) is 37.0 Å². The third-order valence-corrected chi connectivity index (χ3v) is 4.34. The molecule has 3 N–H and O–H groups in total. The highest BCUT2D eigenvalue weighted by molar-refractivity contribution is 6.30. The van der Waals surface area contributed by atoms with Crippen LogP contribution in [-0.4, -0.2) is 30.0 Å². The van der Waals surface area contributed by atoms with Crippen LogP contribution in [0.3, 0.4) is 0 Å². The molecule has 0 radical (unpaired) electrons. The molecule has 2 amide bonds. The Bertz CT molecular complexity index is 529. The van der Waals surface area contributed by atoms with E-state index >= 15 is 0 Å². The van der Waals surface area contributed by atoms with Gasteiger partial charge in [-0.15, -0.1) is 0 Å². The molecule has 0 spiro atoms. The number of hydrogen-bond acceptors (Lipinski definition) is 3. The predicted molar refractivity (Wildman–Crippen MR) is 89.0 cm³/mol. The largest absolute Gasteiger partial charge is 0.388 e. The molecule has 1 aliphatic rings. The topological polar surface area (TPSA) is 78.4 Å². The quantitative estimate of drug-likeness (QED) is 0.636. The van der Waals surface area contributed by atoms with E-state index < -0.39 is 6.10 Å². The summed E-state index contributed by atoms with van der Waals surface area (Å²) in [4.78, 5) is 23.4. The van der Waals surface area contributed by atoms with Crippen LogP contribution in [0.25, 0.3) is 0 Å². The number of carbonyl (C=O) groups excluding carboxylic acids is 2. The summed E-state index contributed by atoms with van der Waals surface area (Å²) in [5.41, 5.74) is 0.664. The molecule has 1 saturated carbocycles. The van der Waals surface area contributed by atoms with E-state index in [1.54, 1.807) is 24.3 Å². The van der Waals surface area contributed by atoms with Crippen molar-refractivity contribution < 1.29 is 14.7 Å². The normalized spacial score (nSPS) is 15.6. The summed E-state index contributed by atoms with van der Waals surface area (Å²) < 4.78 is 0. The Morgan fingerprint density at radius 3 is 2.43 bits per heavy atom. The molecule has 1 aromatic carbocycles. The van der Waals surface area contributed by atoms with Gasteiger partial charge in [-0.2, -0.15) is 0 Å². The van der Waals surface area contributed by atoms with Gasteiger partial charge in [0.05, 0.1) is 12.5 Å². The minimum Gasteiger partial charge on any atom is -0.388 e. The summed E-state index contributed by atoms with van der Waals surface area (Å²) in [7, 11) is 0. The van der Waals surface area contributed by atoms with Gasteiger partial charge in [-0.3, -0.25) is 9.59 Å². The summed E-state index contributed by atoms with van der Waals surface area (Å²) in [6.07, 6.45) is 2.98. The number of aliphatic hydroxyl groups is 1. The van der Waals surface area contributed by atoms with E-state index in [4.69, 9.17) is 11.6 Å². The molecule has 5 nitrogen and oxygen atoms in total. The summed E-state index contributed by atoms with van der Waals surface area (Å²) in [6, 6.07) is 6.78. The zero-order chi connectivity index (χ0) is 16.7. The van der Waals surface area contributed by atoms with Crippen molar-refractivity contribution in [3.05, 3.63) is 34.9 Å². The Kier molecular flexibility index (Phi) is 6.86. The van der Waals surface area contributed by atoms with Crippen molar-refractivity contribution in [2.45, 2.75) is 38.2 Å². The maximum atomic E-state index is 11.8. The standard InChI is InChI=1S/C17H23ClN2O3/c18-14-7-5-12(6-8-14)15(21)11-16(22)19-9-2-10-20-17(23)13-3-1-4-13/h5-8,13,15,21H,1-4,9-11H2,(H,19,22)(H,20,23). The number of aliphatic hydroxyl groups excluding tert-OH is 1. The average Bonchev–Trinajstić information content (AvgIpc) is 2.45. The Morgan fingerprint density at radius 2 is 1.83 bits per heavy atom. The van der Waals surface area contributed by atoms with E-state index in [-0.39, 0.29) is 24.2 Å². The maximum absolute atomic E-state index is 11.8. The van der Waals surface area contributed by atoms with Gasteiger partial charge in [0, 0.05) is 24.0 Å². The Labute approximate surface area is 141 Å². The number of hydrogen-bond donors (Lipinski definition) is 3. The Hall–Kier alpha value is -1.59. The lowest BCUT2D eigenvalue weighted by Crippen LogP contribution is -2.36. The first kappa shape index (κ1) is 17.8. The minimum absolute atomic E-state index is 0.00999. The van der Waals surface area contributed by atoms with Crippen molar-refractivity contribution in [2.75, 3.05) is 13.1 Å². The smallest absolute Gasteiger partial charge is 0.223 e. The lowest BCUT2D eigenvalue weighted by atomic mass is 9.85. The highest BCUT2D eigenvalue weighted by Crippen LogP contribution is 2.26. The van der Waals surface area contributed by atoms with Crippen molar-refractivity contribution >= 4 is 23.4 Å². The molecule has 1 aromatic rings. The fourth-order valence-electron chi connectivity index (χ4n) is 2.39. The molecular weight excluding hydrogens is 316 g/mol. The van der Waals surface area contributed by atoms with Gasteiger partial charge in [0.15, 0.2) is 0 Å². The molecule has 1 atom stereocenters. The second-order valence-corrected chi connectivity index (χ2v) is 6.33. The third-order valence-electron chi connectivity index (χ3n) is 4.08. The van der Waals surface area contributed by atoms with Crippen LogP contribution in [-0.2, 0) is 9.59 Å². The maximum Gasteiger partial charge on any atom is 0.223 e. The van der Waals surface area contributed by atoms with Gasteiger partial charge in [-0.1, -0.05) is 30.2 Å². The molecule has 1 aliphatic carbocycles. The number of halogens is 1. The number of amides is 2. The van der Waals surface area contributed by atoms with Crippen LogP contribution in [0.4, 0.5) is 0 Å². The first-order chi connectivity index (χ1) is 11.1. The van der Waals surface area contributed by atoms with Crippen molar-refractivity contribution in [3.63, 3.8) is 0 Å². The molecule has 0 bridgehead atoms. The van der Waals surface area contributed by atoms with E-state index in [1.165, 1.54) is 0 Å². The number of carbonyl (C=O) groups is 2. The van der Waals surface area contributed by atoms with E-state index in [2.05, 4.69) is 10.6 Å². The molecule has 0 aromatic heterocycles. The highest BCUT2D eigenvalue weighted by atomic mass is 35.5. The van der Waals surface area contributed by atoms with Crippen molar-refractivity contribution in [3.8, 4) is 0 Å². The molecule has 2 rings (SSSR count). The van der Waals surface area contributed by atoms with Crippen molar-refractivity contribution in [1.82, 2.24) is 10.6 Å². The lowest BCUT2D eigenvalue weighted by molar-refractivity contribution is -0.127. The molecule has 0 aliphatic heterocycles. The molecule has 1 unspecified atom stereocenters. The van der Waals surface area contributed by atoms with Gasteiger partial charge < -0.3 is 15.7 Å². The number of nitrogens with one attached hydrogen (secondary N) is 2. The van der Waals surface area contributed by atoms with Crippen LogP contribution < -0.4 is 10.6 Å². The van der Waals surface area contributed by atoms with Crippen LogP contribution in [0.1, 0.15) is 43.8 Å². The SMILES string of the molecule is O=C(CC(O)c1ccc(Cl)cc1)NCCCNC(=O)C1CCC1. The average molecular weight is 339 g/mol. The fourth-order valence-corrected chi connectivity index (χ4v) is 2.52. The predicted octanol–water partition coefficient (Wildman–Crippen LogP) is 2.19. The molecule has 0 heterocycles. The fraction of sp³-hybridized carbons (Fsp3) is 0.529. The van der Waals surface area contributed by atoms with Crippen LogP contribution in [0.15, 0.2) is 24.3 Å². The number of benzene rings is 1. The molecule has 1 fully saturated rings.